The maximum atomic E-state index is 11.7. The van der Waals surface area contributed by atoms with Gasteiger partial charge >= 0.3 is 0 Å². The smallest absolute Gasteiger partial charge is 0.224 e. The highest BCUT2D eigenvalue weighted by atomic mass is 16.1. The molecule has 1 rings (SSSR count). The number of hydrogen-bond acceptors (Lipinski definition) is 3. The average molecular weight is 249 g/mol. The summed E-state index contributed by atoms with van der Waals surface area (Å²) in [5, 5.41) is 2.83. The van der Waals surface area contributed by atoms with Gasteiger partial charge in [0, 0.05) is 12.1 Å². The van der Waals surface area contributed by atoms with Gasteiger partial charge in [0.05, 0.1) is 5.66 Å². The van der Waals surface area contributed by atoms with Crippen LogP contribution < -0.4 is 16.8 Å². The zero-order valence-corrected chi connectivity index (χ0v) is 11.4. The highest BCUT2D eigenvalue weighted by Crippen LogP contribution is 2.17. The Morgan fingerprint density at radius 3 is 2.28 bits per heavy atom. The standard InChI is InChI=1S/C14H23N3O/c1-10(2)11-4-6-12(7-5-11)17-13(18)8-9-14(3,15)16/h4-7,10H,8-9,15-16H2,1-3H3,(H,17,18). The van der Waals surface area contributed by atoms with E-state index in [1.165, 1.54) is 5.56 Å². The van der Waals surface area contributed by atoms with Crippen LogP contribution in [0.4, 0.5) is 5.69 Å². The third-order valence-electron chi connectivity index (χ3n) is 2.75. The van der Waals surface area contributed by atoms with E-state index in [9.17, 15) is 4.79 Å². The molecule has 0 saturated carbocycles. The Balaban J connectivity index is 2.50. The van der Waals surface area contributed by atoms with E-state index in [0.29, 0.717) is 18.8 Å². The molecule has 0 aliphatic rings. The van der Waals surface area contributed by atoms with Gasteiger partial charge in [-0.3, -0.25) is 4.79 Å². The lowest BCUT2D eigenvalue weighted by Crippen LogP contribution is -2.46. The molecule has 4 heteroatoms. The van der Waals surface area contributed by atoms with Gasteiger partial charge in [0.1, 0.15) is 0 Å². The minimum atomic E-state index is -0.793. The molecular formula is C14H23N3O. The minimum absolute atomic E-state index is 0.0607. The highest BCUT2D eigenvalue weighted by molar-refractivity contribution is 5.90. The van der Waals surface area contributed by atoms with Crippen LogP contribution in [-0.4, -0.2) is 11.6 Å². The Kier molecular flexibility index (Phi) is 4.87. The summed E-state index contributed by atoms with van der Waals surface area (Å²) in [4.78, 5) is 11.7. The monoisotopic (exact) mass is 249 g/mol. The average Bonchev–Trinajstić information content (AvgIpc) is 2.26. The number of carbonyl (C=O) groups is 1. The van der Waals surface area contributed by atoms with Crippen LogP contribution in [0.25, 0.3) is 0 Å². The molecule has 0 aromatic heterocycles. The van der Waals surface area contributed by atoms with Gasteiger partial charge in [0.2, 0.25) is 5.91 Å². The molecule has 0 radical (unpaired) electrons. The van der Waals surface area contributed by atoms with Crippen LogP contribution in [0, 0.1) is 0 Å². The van der Waals surface area contributed by atoms with Crippen molar-refractivity contribution in [3.05, 3.63) is 29.8 Å². The first kappa shape index (κ1) is 14.7. The number of nitrogens with one attached hydrogen (secondary N) is 1. The van der Waals surface area contributed by atoms with Crippen molar-refractivity contribution in [2.75, 3.05) is 5.32 Å². The van der Waals surface area contributed by atoms with E-state index in [1.807, 2.05) is 24.3 Å². The van der Waals surface area contributed by atoms with E-state index in [2.05, 4.69) is 19.2 Å². The van der Waals surface area contributed by atoms with Crippen molar-refractivity contribution in [2.45, 2.75) is 45.2 Å². The van der Waals surface area contributed by atoms with Gasteiger partial charge in [0.15, 0.2) is 0 Å². The van der Waals surface area contributed by atoms with Crippen LogP contribution >= 0.6 is 0 Å². The first-order chi connectivity index (χ1) is 8.28. The van der Waals surface area contributed by atoms with Crippen LogP contribution in [0.15, 0.2) is 24.3 Å². The fourth-order valence-electron chi connectivity index (χ4n) is 1.56. The second-order valence-corrected chi connectivity index (χ2v) is 5.33. The Hall–Kier alpha value is -1.39. The molecule has 0 unspecified atom stereocenters. The molecule has 0 saturated heterocycles. The van der Waals surface area contributed by atoms with Crippen molar-refractivity contribution < 1.29 is 4.79 Å². The number of anilines is 1. The summed E-state index contributed by atoms with van der Waals surface area (Å²) in [5.41, 5.74) is 12.5. The fourth-order valence-corrected chi connectivity index (χ4v) is 1.56. The van der Waals surface area contributed by atoms with Crippen LogP contribution in [0.3, 0.4) is 0 Å². The third-order valence-corrected chi connectivity index (χ3v) is 2.75. The van der Waals surface area contributed by atoms with Crippen molar-refractivity contribution in [1.82, 2.24) is 0 Å². The van der Waals surface area contributed by atoms with Gasteiger partial charge in [0.25, 0.3) is 0 Å². The number of hydrogen-bond donors (Lipinski definition) is 3. The predicted octanol–water partition coefficient (Wildman–Crippen LogP) is 2.16. The minimum Gasteiger partial charge on any atom is -0.326 e. The molecule has 1 amide bonds. The molecule has 1 aromatic carbocycles. The molecule has 18 heavy (non-hydrogen) atoms. The van der Waals surface area contributed by atoms with Crippen molar-refractivity contribution in [2.24, 2.45) is 11.5 Å². The van der Waals surface area contributed by atoms with Crippen molar-refractivity contribution >= 4 is 11.6 Å². The maximum Gasteiger partial charge on any atom is 0.224 e. The molecular weight excluding hydrogens is 226 g/mol. The van der Waals surface area contributed by atoms with Crippen LogP contribution in [0.1, 0.15) is 45.1 Å². The van der Waals surface area contributed by atoms with Gasteiger partial charge in [-0.1, -0.05) is 26.0 Å². The first-order valence-electron chi connectivity index (χ1n) is 6.25. The molecule has 0 fully saturated rings. The van der Waals surface area contributed by atoms with Gasteiger partial charge in [-0.05, 0) is 37.0 Å². The van der Waals surface area contributed by atoms with Gasteiger partial charge in [-0.2, -0.15) is 0 Å². The Bertz CT molecular complexity index is 390. The molecule has 0 bridgehead atoms. The quantitative estimate of drug-likeness (QED) is 0.699. The topological polar surface area (TPSA) is 81.1 Å². The van der Waals surface area contributed by atoms with E-state index < -0.39 is 5.66 Å². The van der Waals surface area contributed by atoms with Crippen LogP contribution in [0.5, 0.6) is 0 Å². The molecule has 100 valence electrons. The van der Waals surface area contributed by atoms with Gasteiger partial charge in [-0.15, -0.1) is 0 Å². The number of nitrogens with two attached hydrogens (primary N) is 2. The zero-order valence-electron chi connectivity index (χ0n) is 11.4. The molecule has 0 heterocycles. The molecule has 0 spiro atoms. The predicted molar refractivity (Wildman–Crippen MR) is 75.2 cm³/mol. The second-order valence-electron chi connectivity index (χ2n) is 5.33. The summed E-state index contributed by atoms with van der Waals surface area (Å²) in [6.07, 6.45) is 0.790. The summed E-state index contributed by atoms with van der Waals surface area (Å²) in [6.45, 7) is 5.98. The SMILES string of the molecule is CC(C)c1ccc(NC(=O)CCC(C)(N)N)cc1. The summed E-state index contributed by atoms with van der Waals surface area (Å²) < 4.78 is 0. The van der Waals surface area contributed by atoms with Crippen molar-refractivity contribution in [3.8, 4) is 0 Å². The lowest BCUT2D eigenvalue weighted by molar-refractivity contribution is -0.116. The summed E-state index contributed by atoms with van der Waals surface area (Å²) >= 11 is 0. The second kappa shape index (κ2) is 5.98. The van der Waals surface area contributed by atoms with Gasteiger partial charge in [-0.25, -0.2) is 0 Å². The Labute approximate surface area is 109 Å². The van der Waals surface area contributed by atoms with E-state index in [-0.39, 0.29) is 5.91 Å². The molecule has 0 aliphatic carbocycles. The first-order valence-corrected chi connectivity index (χ1v) is 6.25. The Morgan fingerprint density at radius 1 is 1.28 bits per heavy atom. The van der Waals surface area contributed by atoms with Gasteiger partial charge < -0.3 is 16.8 Å². The molecule has 0 atom stereocenters. The fraction of sp³-hybridized carbons (Fsp3) is 0.500. The summed E-state index contributed by atoms with van der Waals surface area (Å²) in [6, 6.07) is 7.88. The third kappa shape index (κ3) is 5.29. The summed E-state index contributed by atoms with van der Waals surface area (Å²) in [7, 11) is 0. The van der Waals surface area contributed by atoms with E-state index in [4.69, 9.17) is 11.5 Å². The van der Waals surface area contributed by atoms with Crippen molar-refractivity contribution in [1.29, 1.82) is 0 Å². The van der Waals surface area contributed by atoms with E-state index >= 15 is 0 Å². The zero-order chi connectivity index (χ0) is 13.8. The van der Waals surface area contributed by atoms with Crippen LogP contribution in [-0.2, 0) is 4.79 Å². The molecule has 1 aromatic rings. The molecule has 0 aliphatic heterocycles. The Morgan fingerprint density at radius 2 is 1.83 bits per heavy atom. The summed E-state index contributed by atoms with van der Waals surface area (Å²) in [5.74, 6) is 0.430. The number of rotatable bonds is 5. The van der Waals surface area contributed by atoms with Crippen LogP contribution in [0.2, 0.25) is 0 Å². The largest absolute Gasteiger partial charge is 0.326 e. The highest BCUT2D eigenvalue weighted by Gasteiger charge is 2.13. The number of carbonyl (C=O) groups excluding carboxylic acids is 1. The molecule has 5 N–H and O–H groups in total. The lowest BCUT2D eigenvalue weighted by Gasteiger charge is -2.17. The normalized spacial score (nSPS) is 11.7. The van der Waals surface area contributed by atoms with E-state index in [0.717, 1.165) is 5.69 Å². The molecule has 4 nitrogen and oxygen atoms in total. The number of benzene rings is 1. The number of amides is 1. The van der Waals surface area contributed by atoms with E-state index in [1.54, 1.807) is 6.92 Å². The van der Waals surface area contributed by atoms with Crippen molar-refractivity contribution in [3.63, 3.8) is 0 Å². The maximum absolute atomic E-state index is 11.7. The lowest BCUT2D eigenvalue weighted by atomic mass is 10.0.